The van der Waals surface area contributed by atoms with Crippen LogP contribution in [0.4, 0.5) is 0 Å². The van der Waals surface area contributed by atoms with Crippen molar-refractivity contribution in [3.05, 3.63) is 20.8 Å². The Morgan fingerprint density at radius 3 is 3.00 bits per heavy atom. The average molecular weight is 307 g/mol. The lowest BCUT2D eigenvalue weighted by Crippen LogP contribution is -2.27. The summed E-state index contributed by atoms with van der Waals surface area (Å²) in [6.45, 7) is 0. The van der Waals surface area contributed by atoms with Crippen LogP contribution in [0.1, 0.15) is 24.1 Å². The van der Waals surface area contributed by atoms with E-state index in [1.54, 1.807) is 11.3 Å². The lowest BCUT2D eigenvalue weighted by Gasteiger charge is -2.25. The Hall–Kier alpha value is 0.490. The van der Waals surface area contributed by atoms with Crippen molar-refractivity contribution in [3.8, 4) is 0 Å². The Morgan fingerprint density at radius 1 is 1.53 bits per heavy atom. The van der Waals surface area contributed by atoms with Gasteiger partial charge in [-0.25, -0.2) is 0 Å². The van der Waals surface area contributed by atoms with Gasteiger partial charge in [-0.05, 0) is 46.0 Å². The number of hydrogen-bond acceptors (Lipinski definition) is 3. The Balaban J connectivity index is 1.91. The van der Waals surface area contributed by atoms with Crippen LogP contribution < -0.4 is 0 Å². The van der Waals surface area contributed by atoms with E-state index in [1.807, 2.05) is 11.8 Å². The van der Waals surface area contributed by atoms with Gasteiger partial charge in [0.2, 0.25) is 0 Å². The number of aliphatic hydroxyl groups excluding tert-OH is 1. The van der Waals surface area contributed by atoms with Crippen molar-refractivity contribution in [1.82, 2.24) is 0 Å². The quantitative estimate of drug-likeness (QED) is 0.919. The Kier molecular flexibility index (Phi) is 4.55. The first-order valence-electron chi connectivity index (χ1n) is 5.29. The molecule has 1 aliphatic rings. The van der Waals surface area contributed by atoms with Gasteiger partial charge in [-0.3, -0.25) is 0 Å². The van der Waals surface area contributed by atoms with Crippen LogP contribution in [0, 0.1) is 0 Å². The molecule has 2 rings (SSSR count). The molecule has 0 spiro atoms. The fourth-order valence-electron chi connectivity index (χ4n) is 1.86. The predicted molar refractivity (Wildman–Crippen MR) is 71.8 cm³/mol. The van der Waals surface area contributed by atoms with Gasteiger partial charge in [0, 0.05) is 21.0 Å². The van der Waals surface area contributed by atoms with Gasteiger partial charge in [-0.2, -0.15) is 11.8 Å². The van der Waals surface area contributed by atoms with Crippen molar-refractivity contribution in [2.24, 2.45) is 0 Å². The summed E-state index contributed by atoms with van der Waals surface area (Å²) >= 11 is 7.18. The van der Waals surface area contributed by atoms with E-state index in [9.17, 15) is 5.11 Å². The van der Waals surface area contributed by atoms with Crippen molar-refractivity contribution >= 4 is 39.0 Å². The van der Waals surface area contributed by atoms with Crippen LogP contribution in [-0.2, 0) is 6.42 Å². The molecule has 1 fully saturated rings. The minimum atomic E-state index is -0.176. The van der Waals surface area contributed by atoms with E-state index in [0.717, 1.165) is 10.9 Å². The Labute approximate surface area is 107 Å². The molecule has 15 heavy (non-hydrogen) atoms. The molecule has 1 aromatic rings. The molecule has 1 N–H and O–H groups in total. The van der Waals surface area contributed by atoms with E-state index in [1.165, 1.54) is 29.9 Å². The molecule has 1 nitrogen and oxygen atoms in total. The highest BCUT2D eigenvalue weighted by molar-refractivity contribution is 9.10. The number of thioether (sulfide) groups is 1. The molecule has 2 heterocycles. The standard InChI is InChI=1S/C11H15BrOS2/c12-8-4-6-15-11(8)7-9(13)10-3-1-2-5-14-10/h4,6,9-10,13H,1-3,5,7H2. The van der Waals surface area contributed by atoms with Crippen molar-refractivity contribution in [1.29, 1.82) is 0 Å². The van der Waals surface area contributed by atoms with Gasteiger partial charge >= 0.3 is 0 Å². The highest BCUT2D eigenvalue weighted by atomic mass is 79.9. The third kappa shape index (κ3) is 3.22. The summed E-state index contributed by atoms with van der Waals surface area (Å²) in [5.74, 6) is 1.22. The molecule has 0 aliphatic carbocycles. The van der Waals surface area contributed by atoms with Gasteiger partial charge in [-0.15, -0.1) is 11.3 Å². The zero-order valence-corrected chi connectivity index (χ0v) is 11.7. The molecule has 2 atom stereocenters. The van der Waals surface area contributed by atoms with Gasteiger partial charge in [0.05, 0.1) is 6.10 Å². The highest BCUT2D eigenvalue weighted by Gasteiger charge is 2.23. The molecule has 4 heteroatoms. The smallest absolute Gasteiger partial charge is 0.0707 e. The molecular weight excluding hydrogens is 292 g/mol. The summed E-state index contributed by atoms with van der Waals surface area (Å²) in [6.07, 6.45) is 4.40. The Bertz CT molecular complexity index is 307. The maximum Gasteiger partial charge on any atom is 0.0707 e. The molecule has 1 aromatic heterocycles. The highest BCUT2D eigenvalue weighted by Crippen LogP contribution is 2.31. The molecule has 2 unspecified atom stereocenters. The van der Waals surface area contributed by atoms with Crippen molar-refractivity contribution in [2.75, 3.05) is 5.75 Å². The fourth-order valence-corrected chi connectivity index (χ4v) is 4.75. The topological polar surface area (TPSA) is 20.2 Å². The second kappa shape index (κ2) is 5.71. The molecule has 1 aliphatic heterocycles. The van der Waals surface area contributed by atoms with Gasteiger partial charge in [0.1, 0.15) is 0 Å². The molecule has 0 saturated carbocycles. The minimum absolute atomic E-state index is 0.176. The third-order valence-corrected chi connectivity index (χ3v) is 6.18. The van der Waals surface area contributed by atoms with Gasteiger partial charge in [0.15, 0.2) is 0 Å². The van der Waals surface area contributed by atoms with Crippen molar-refractivity contribution in [2.45, 2.75) is 37.0 Å². The first kappa shape index (κ1) is 12.0. The van der Waals surface area contributed by atoms with E-state index in [0.29, 0.717) is 5.25 Å². The first-order chi connectivity index (χ1) is 7.27. The van der Waals surface area contributed by atoms with Gasteiger partial charge in [0.25, 0.3) is 0 Å². The van der Waals surface area contributed by atoms with Crippen LogP contribution in [0.2, 0.25) is 0 Å². The number of hydrogen-bond donors (Lipinski definition) is 1. The number of halogens is 1. The predicted octanol–water partition coefficient (Wildman–Crippen LogP) is 3.70. The normalized spacial score (nSPS) is 24.0. The largest absolute Gasteiger partial charge is 0.392 e. The first-order valence-corrected chi connectivity index (χ1v) is 8.01. The molecule has 0 aromatic carbocycles. The van der Waals surface area contributed by atoms with E-state index >= 15 is 0 Å². The van der Waals surface area contributed by atoms with E-state index in [4.69, 9.17) is 0 Å². The van der Waals surface area contributed by atoms with Gasteiger partial charge in [-0.1, -0.05) is 6.42 Å². The zero-order chi connectivity index (χ0) is 10.7. The van der Waals surface area contributed by atoms with Crippen LogP contribution in [0.5, 0.6) is 0 Å². The summed E-state index contributed by atoms with van der Waals surface area (Å²) in [7, 11) is 0. The molecular formula is C11H15BrOS2. The summed E-state index contributed by atoms with van der Waals surface area (Å²) in [5, 5.41) is 12.7. The van der Waals surface area contributed by atoms with E-state index in [-0.39, 0.29) is 6.10 Å². The summed E-state index contributed by atoms with van der Waals surface area (Å²) in [5.41, 5.74) is 0. The van der Waals surface area contributed by atoms with Crippen LogP contribution >= 0.6 is 39.0 Å². The lowest BCUT2D eigenvalue weighted by molar-refractivity contribution is 0.167. The maximum absolute atomic E-state index is 10.1. The average Bonchev–Trinajstić information content (AvgIpc) is 2.66. The molecule has 0 amide bonds. The van der Waals surface area contributed by atoms with Crippen molar-refractivity contribution < 1.29 is 5.11 Å². The van der Waals surface area contributed by atoms with Crippen LogP contribution in [0.3, 0.4) is 0 Å². The van der Waals surface area contributed by atoms with E-state index < -0.39 is 0 Å². The van der Waals surface area contributed by atoms with Gasteiger partial charge < -0.3 is 5.11 Å². The molecule has 1 saturated heterocycles. The second-order valence-corrected chi connectivity index (χ2v) is 7.07. The summed E-state index contributed by atoms with van der Waals surface area (Å²) in [4.78, 5) is 1.27. The summed E-state index contributed by atoms with van der Waals surface area (Å²) in [6, 6.07) is 2.06. The van der Waals surface area contributed by atoms with Crippen LogP contribution in [0.15, 0.2) is 15.9 Å². The Morgan fingerprint density at radius 2 is 2.40 bits per heavy atom. The summed E-state index contributed by atoms with van der Waals surface area (Å²) < 4.78 is 1.15. The third-order valence-electron chi connectivity index (χ3n) is 2.73. The monoisotopic (exact) mass is 306 g/mol. The lowest BCUT2D eigenvalue weighted by atomic mass is 10.1. The molecule has 84 valence electrons. The fraction of sp³-hybridized carbons (Fsp3) is 0.636. The number of thiophene rings is 1. The van der Waals surface area contributed by atoms with Crippen molar-refractivity contribution in [3.63, 3.8) is 0 Å². The number of rotatable bonds is 3. The van der Waals surface area contributed by atoms with Crippen LogP contribution in [-0.4, -0.2) is 22.2 Å². The zero-order valence-electron chi connectivity index (χ0n) is 8.49. The number of aliphatic hydroxyl groups is 1. The van der Waals surface area contributed by atoms with E-state index in [2.05, 4.69) is 27.4 Å². The molecule has 0 radical (unpaired) electrons. The molecule has 0 bridgehead atoms. The SMILES string of the molecule is OC(Cc1sccc1Br)C1CCCCS1. The minimum Gasteiger partial charge on any atom is -0.392 e. The maximum atomic E-state index is 10.1. The van der Waals surface area contributed by atoms with Crippen LogP contribution in [0.25, 0.3) is 0 Å². The second-order valence-electron chi connectivity index (χ2n) is 3.87.